The van der Waals surface area contributed by atoms with Crippen molar-refractivity contribution in [3.05, 3.63) is 41.4 Å². The van der Waals surface area contributed by atoms with Gasteiger partial charge in [0.05, 0.1) is 13.0 Å². The van der Waals surface area contributed by atoms with E-state index >= 15 is 0 Å². The van der Waals surface area contributed by atoms with E-state index in [-0.39, 0.29) is 35.9 Å². The number of piperidine rings is 1. The number of halogens is 1. The molecule has 0 aliphatic carbocycles. The molecule has 1 aromatic carbocycles. The number of aliphatic imine (C=N–C) groups is 1. The quantitative estimate of drug-likeness (QED) is 0.329. The number of imidazole rings is 1. The topological polar surface area (TPSA) is 123 Å². The molecule has 32 heavy (non-hydrogen) atoms. The van der Waals surface area contributed by atoms with Crippen molar-refractivity contribution in [3.63, 3.8) is 0 Å². The van der Waals surface area contributed by atoms with Gasteiger partial charge in [-0.25, -0.2) is 14.1 Å². The molecule has 5 N–H and O–H groups in total. The van der Waals surface area contributed by atoms with Gasteiger partial charge in [-0.15, -0.1) is 0 Å². The number of carbonyl (C=O) groups excluding carboxylic acids is 2. The Kier molecular flexibility index (Phi) is 7.74. The highest BCUT2D eigenvalue weighted by molar-refractivity contribution is 6.25. The fourth-order valence-electron chi connectivity index (χ4n) is 4.32. The van der Waals surface area contributed by atoms with Crippen molar-refractivity contribution in [3.8, 4) is 0 Å². The van der Waals surface area contributed by atoms with Gasteiger partial charge in [0.2, 0.25) is 11.8 Å². The number of fused-ring (bicyclic) bond motifs is 1. The van der Waals surface area contributed by atoms with E-state index in [1.54, 1.807) is 6.92 Å². The molecule has 10 heteroatoms. The molecule has 1 aromatic heterocycles. The summed E-state index contributed by atoms with van der Waals surface area (Å²) in [4.78, 5) is 30.0. The fourth-order valence-corrected chi connectivity index (χ4v) is 4.37. The third-order valence-electron chi connectivity index (χ3n) is 5.78. The molecule has 0 spiro atoms. The normalized spacial score (nSPS) is 15.9. The van der Waals surface area contributed by atoms with E-state index in [1.807, 2.05) is 17.0 Å². The van der Waals surface area contributed by atoms with Crippen LogP contribution in [0.5, 0.6) is 0 Å². The maximum Gasteiger partial charge on any atom is 0.277 e. The second kappa shape index (κ2) is 10.5. The van der Waals surface area contributed by atoms with Crippen LogP contribution in [0.2, 0.25) is 0 Å². The van der Waals surface area contributed by atoms with Gasteiger partial charge >= 0.3 is 0 Å². The molecule has 1 saturated heterocycles. The average molecular weight is 461 g/mol. The largest absolute Gasteiger partial charge is 0.387 e. The highest BCUT2D eigenvalue weighted by atomic mass is 35.5. The first-order chi connectivity index (χ1) is 15.3. The number of likely N-dealkylation sites (tertiary alicyclic amines) is 1. The van der Waals surface area contributed by atoms with Gasteiger partial charge in [-0.2, -0.15) is 0 Å². The summed E-state index contributed by atoms with van der Waals surface area (Å²) in [5.74, 6) is 1.02. The van der Waals surface area contributed by atoms with Crippen molar-refractivity contribution in [1.82, 2.24) is 14.8 Å². The number of amides is 2. The summed E-state index contributed by atoms with van der Waals surface area (Å²) in [5, 5.41) is 2.96. The van der Waals surface area contributed by atoms with Gasteiger partial charge in [0.1, 0.15) is 24.2 Å². The molecular formula is C22H31ClN7O2+. The second-order valence-corrected chi connectivity index (χ2v) is 8.07. The molecule has 172 valence electrons. The Bertz CT molecular complexity index is 1050. The van der Waals surface area contributed by atoms with Crippen LogP contribution in [0, 0.1) is 0 Å². The van der Waals surface area contributed by atoms with Crippen molar-refractivity contribution >= 4 is 40.3 Å². The van der Waals surface area contributed by atoms with Crippen LogP contribution in [-0.2, 0) is 22.7 Å². The van der Waals surface area contributed by atoms with Crippen molar-refractivity contribution in [2.75, 3.05) is 13.1 Å². The van der Waals surface area contributed by atoms with Crippen LogP contribution in [0.1, 0.15) is 45.0 Å². The molecule has 0 atom stereocenters. The number of para-hydroxylation sites is 2. The highest BCUT2D eigenvalue weighted by Crippen LogP contribution is 2.28. The number of aryl methyl sites for hydroxylation is 1. The fraction of sp³-hybridized carbons (Fsp3) is 0.455. The Morgan fingerprint density at radius 3 is 2.59 bits per heavy atom. The minimum atomic E-state index is -0.250. The van der Waals surface area contributed by atoms with E-state index in [4.69, 9.17) is 23.1 Å². The van der Waals surface area contributed by atoms with Crippen LogP contribution in [0.4, 0.5) is 0 Å². The number of nitrogens with one attached hydrogen (secondary N) is 1. The SMILES string of the molecule is CC[n+]1c(CNC(=O)CC(N)=N/C(N)=C/Cl)n(C2CCN(C(C)=O)CC2)c2ccccc21. The molecule has 0 bridgehead atoms. The maximum absolute atomic E-state index is 12.5. The minimum absolute atomic E-state index is 0.0535. The third-order valence-corrected chi connectivity index (χ3v) is 6.01. The standard InChI is InChI=1S/C22H30ClN7O2/c1-3-29-17-6-4-5-7-18(17)30(16-8-10-28(11-9-16)15(2)31)22(29)14-26-21(32)12-19(24)27-20(25)13-23/h4-7,13,16H,3,8-12,14,25H2,1-2H3,(H2-,24,26,27,32)/p+1/b20-13+. The first-order valence-corrected chi connectivity index (χ1v) is 11.2. The van der Waals surface area contributed by atoms with Crippen LogP contribution in [0.3, 0.4) is 0 Å². The number of carbonyl (C=O) groups is 2. The van der Waals surface area contributed by atoms with Gasteiger partial charge in [-0.3, -0.25) is 9.59 Å². The molecule has 2 amide bonds. The molecule has 2 aromatic rings. The van der Waals surface area contributed by atoms with E-state index in [0.717, 1.165) is 54.9 Å². The number of amidine groups is 1. The summed E-state index contributed by atoms with van der Waals surface area (Å²) >= 11 is 5.49. The van der Waals surface area contributed by atoms with Crippen molar-refractivity contribution in [1.29, 1.82) is 0 Å². The van der Waals surface area contributed by atoms with Gasteiger partial charge < -0.3 is 21.7 Å². The van der Waals surface area contributed by atoms with Gasteiger partial charge in [0.25, 0.3) is 5.82 Å². The lowest BCUT2D eigenvalue weighted by Gasteiger charge is -2.30. The molecule has 0 radical (unpaired) electrons. The van der Waals surface area contributed by atoms with Crippen molar-refractivity contribution < 1.29 is 14.2 Å². The summed E-state index contributed by atoms with van der Waals surface area (Å²) in [6.07, 6.45) is 1.66. The van der Waals surface area contributed by atoms with E-state index in [0.29, 0.717) is 6.54 Å². The third kappa shape index (κ3) is 5.21. The van der Waals surface area contributed by atoms with Gasteiger partial charge in [-0.1, -0.05) is 23.7 Å². The van der Waals surface area contributed by atoms with Gasteiger partial charge in [0, 0.05) is 38.4 Å². The van der Waals surface area contributed by atoms with Crippen LogP contribution in [0.25, 0.3) is 11.0 Å². The number of nitrogens with zero attached hydrogens (tertiary/aromatic N) is 4. The van der Waals surface area contributed by atoms with Crippen molar-refractivity contribution in [2.45, 2.75) is 52.2 Å². The number of aromatic nitrogens is 2. The molecule has 0 unspecified atom stereocenters. The molecule has 0 saturated carbocycles. The molecule has 1 aliphatic rings. The molecule has 1 fully saturated rings. The summed E-state index contributed by atoms with van der Waals surface area (Å²) < 4.78 is 4.54. The predicted octanol–water partition coefficient (Wildman–Crippen LogP) is 1.49. The van der Waals surface area contributed by atoms with E-state index in [2.05, 4.69) is 38.5 Å². The second-order valence-electron chi connectivity index (χ2n) is 7.85. The zero-order valence-electron chi connectivity index (χ0n) is 18.6. The Hall–Kier alpha value is -3.07. The first kappa shape index (κ1) is 23.6. The molecule has 1 aliphatic heterocycles. The van der Waals surface area contributed by atoms with Crippen molar-refractivity contribution in [2.24, 2.45) is 16.5 Å². The summed E-state index contributed by atoms with van der Waals surface area (Å²) in [7, 11) is 0. The van der Waals surface area contributed by atoms with Crippen LogP contribution in [0.15, 0.2) is 40.6 Å². The van der Waals surface area contributed by atoms with Crippen LogP contribution in [-0.4, -0.2) is 40.2 Å². The molecular weight excluding hydrogens is 430 g/mol. The number of rotatable bonds is 7. The molecule has 3 rings (SSSR count). The number of hydrogen-bond acceptors (Lipinski definition) is 4. The summed E-state index contributed by atoms with van der Waals surface area (Å²) in [5.41, 5.74) is 14.7. The Morgan fingerprint density at radius 1 is 1.28 bits per heavy atom. The maximum atomic E-state index is 12.5. The first-order valence-electron chi connectivity index (χ1n) is 10.8. The van der Waals surface area contributed by atoms with E-state index < -0.39 is 0 Å². The van der Waals surface area contributed by atoms with Crippen LogP contribution < -0.4 is 21.4 Å². The van der Waals surface area contributed by atoms with E-state index in [1.165, 1.54) is 0 Å². The smallest absolute Gasteiger partial charge is 0.277 e. The van der Waals surface area contributed by atoms with E-state index in [9.17, 15) is 9.59 Å². The van der Waals surface area contributed by atoms with Crippen LogP contribution >= 0.6 is 11.6 Å². The zero-order valence-corrected chi connectivity index (χ0v) is 19.3. The highest BCUT2D eigenvalue weighted by Gasteiger charge is 2.32. The molecule has 2 heterocycles. The van der Waals surface area contributed by atoms with Gasteiger partial charge in [0.15, 0.2) is 11.0 Å². The Morgan fingerprint density at radius 2 is 1.97 bits per heavy atom. The lowest BCUT2D eigenvalue weighted by molar-refractivity contribution is -0.676. The predicted molar refractivity (Wildman–Crippen MR) is 125 cm³/mol. The number of nitrogens with two attached hydrogens (primary N) is 2. The lowest BCUT2D eigenvalue weighted by atomic mass is 10.0. The Labute approximate surface area is 192 Å². The zero-order chi connectivity index (χ0) is 23.3. The van der Waals surface area contributed by atoms with Gasteiger partial charge in [-0.05, 0) is 19.1 Å². The summed E-state index contributed by atoms with van der Waals surface area (Å²) in [6, 6.07) is 8.49. The number of benzene rings is 1. The molecule has 9 nitrogen and oxygen atoms in total. The average Bonchev–Trinajstić information content (AvgIpc) is 3.10. The minimum Gasteiger partial charge on any atom is -0.387 e. The number of hydrogen-bond donors (Lipinski definition) is 3. The monoisotopic (exact) mass is 460 g/mol. The summed E-state index contributed by atoms with van der Waals surface area (Å²) in [6.45, 7) is 6.28. The Balaban J connectivity index is 1.86. The lowest BCUT2D eigenvalue weighted by Crippen LogP contribution is -2.43.